The molecule has 0 amide bonds. The molecule has 3 nitrogen and oxygen atoms in total. The van der Waals surface area contributed by atoms with E-state index in [0.29, 0.717) is 6.61 Å². The van der Waals surface area contributed by atoms with Crippen molar-refractivity contribution in [2.75, 3.05) is 0 Å². The highest BCUT2D eigenvalue weighted by atomic mass is 16.5. The third-order valence-electron chi connectivity index (χ3n) is 2.61. The molecule has 17 heavy (non-hydrogen) atoms. The van der Waals surface area contributed by atoms with Gasteiger partial charge in [-0.15, -0.1) is 0 Å². The third kappa shape index (κ3) is 3.09. The van der Waals surface area contributed by atoms with Crippen molar-refractivity contribution in [2.24, 2.45) is 0 Å². The standard InChI is InChI=1S/C14H17NO2/c1-14(2,3)12-4-6-13(7-5-12)16-9-11-8-15-17-10-11/h4-8,10H,9H2,1-3H3. The van der Waals surface area contributed by atoms with Gasteiger partial charge in [-0.05, 0) is 23.1 Å². The average Bonchev–Trinajstić information content (AvgIpc) is 2.78. The van der Waals surface area contributed by atoms with Gasteiger partial charge in [-0.3, -0.25) is 0 Å². The van der Waals surface area contributed by atoms with Crippen molar-refractivity contribution in [2.45, 2.75) is 32.8 Å². The van der Waals surface area contributed by atoms with Crippen LogP contribution >= 0.6 is 0 Å². The van der Waals surface area contributed by atoms with Gasteiger partial charge in [0.2, 0.25) is 0 Å². The SMILES string of the molecule is CC(C)(C)c1ccc(OCc2cnoc2)cc1. The molecule has 0 bridgehead atoms. The van der Waals surface area contributed by atoms with Crippen LogP contribution in [0.4, 0.5) is 0 Å². The van der Waals surface area contributed by atoms with E-state index in [-0.39, 0.29) is 5.41 Å². The number of aromatic nitrogens is 1. The minimum atomic E-state index is 0.174. The number of benzene rings is 1. The van der Waals surface area contributed by atoms with Crippen LogP contribution in [0.5, 0.6) is 5.75 Å². The van der Waals surface area contributed by atoms with Gasteiger partial charge in [0.1, 0.15) is 18.6 Å². The molecule has 2 aromatic rings. The van der Waals surface area contributed by atoms with E-state index in [1.807, 2.05) is 12.1 Å². The Morgan fingerprint density at radius 3 is 2.41 bits per heavy atom. The summed E-state index contributed by atoms with van der Waals surface area (Å²) in [6.07, 6.45) is 3.24. The second-order valence-corrected chi connectivity index (χ2v) is 5.10. The highest BCUT2D eigenvalue weighted by Crippen LogP contribution is 2.24. The zero-order chi connectivity index (χ0) is 12.3. The lowest BCUT2D eigenvalue weighted by Gasteiger charge is -2.19. The van der Waals surface area contributed by atoms with E-state index in [1.165, 1.54) is 5.56 Å². The molecule has 0 saturated heterocycles. The van der Waals surface area contributed by atoms with E-state index in [0.717, 1.165) is 11.3 Å². The molecule has 0 spiro atoms. The van der Waals surface area contributed by atoms with Gasteiger partial charge in [0, 0.05) is 5.56 Å². The van der Waals surface area contributed by atoms with Crippen molar-refractivity contribution in [3.05, 3.63) is 47.9 Å². The van der Waals surface area contributed by atoms with Crippen LogP contribution in [0.1, 0.15) is 31.9 Å². The first-order valence-corrected chi connectivity index (χ1v) is 5.67. The van der Waals surface area contributed by atoms with Crippen molar-refractivity contribution in [3.8, 4) is 5.75 Å². The summed E-state index contributed by atoms with van der Waals surface area (Å²) in [6.45, 7) is 7.07. The molecule has 0 unspecified atom stereocenters. The zero-order valence-corrected chi connectivity index (χ0v) is 10.4. The number of rotatable bonds is 3. The molecular formula is C14H17NO2. The van der Waals surface area contributed by atoms with Gasteiger partial charge in [0.05, 0.1) is 6.20 Å². The van der Waals surface area contributed by atoms with Crippen LogP contribution in [0.2, 0.25) is 0 Å². The topological polar surface area (TPSA) is 35.3 Å². The van der Waals surface area contributed by atoms with Crippen molar-refractivity contribution >= 4 is 0 Å². The monoisotopic (exact) mass is 231 g/mol. The lowest BCUT2D eigenvalue weighted by Crippen LogP contribution is -2.10. The van der Waals surface area contributed by atoms with Crippen molar-refractivity contribution in [3.63, 3.8) is 0 Å². The van der Waals surface area contributed by atoms with Gasteiger partial charge in [0.15, 0.2) is 0 Å². The fourth-order valence-corrected chi connectivity index (χ4v) is 1.52. The lowest BCUT2D eigenvalue weighted by molar-refractivity contribution is 0.304. The van der Waals surface area contributed by atoms with Gasteiger partial charge in [-0.1, -0.05) is 38.1 Å². The van der Waals surface area contributed by atoms with Gasteiger partial charge in [0.25, 0.3) is 0 Å². The average molecular weight is 231 g/mol. The van der Waals surface area contributed by atoms with Gasteiger partial charge in [-0.25, -0.2) is 0 Å². The molecule has 1 aromatic carbocycles. The molecular weight excluding hydrogens is 214 g/mol. The van der Waals surface area contributed by atoms with Gasteiger partial charge >= 0.3 is 0 Å². The molecule has 1 heterocycles. The van der Waals surface area contributed by atoms with Crippen LogP contribution in [-0.2, 0) is 12.0 Å². The summed E-state index contributed by atoms with van der Waals surface area (Å²) in [5, 5.41) is 3.63. The van der Waals surface area contributed by atoms with E-state index in [4.69, 9.17) is 9.26 Å². The molecule has 2 rings (SSSR count). The molecule has 90 valence electrons. The molecule has 0 aliphatic heterocycles. The number of ether oxygens (including phenoxy) is 1. The Hall–Kier alpha value is -1.77. The molecule has 0 aliphatic carbocycles. The Balaban J connectivity index is 1.99. The second kappa shape index (κ2) is 4.62. The Morgan fingerprint density at radius 1 is 1.18 bits per heavy atom. The minimum Gasteiger partial charge on any atom is -0.489 e. The van der Waals surface area contributed by atoms with Gasteiger partial charge in [-0.2, -0.15) is 0 Å². The largest absolute Gasteiger partial charge is 0.489 e. The van der Waals surface area contributed by atoms with Crippen LogP contribution in [0.3, 0.4) is 0 Å². The van der Waals surface area contributed by atoms with E-state index in [1.54, 1.807) is 12.5 Å². The molecule has 0 N–H and O–H groups in total. The molecule has 0 radical (unpaired) electrons. The summed E-state index contributed by atoms with van der Waals surface area (Å²) < 4.78 is 10.4. The summed E-state index contributed by atoms with van der Waals surface area (Å²) in [6, 6.07) is 8.19. The predicted octanol–water partition coefficient (Wildman–Crippen LogP) is 3.55. The van der Waals surface area contributed by atoms with E-state index in [2.05, 4.69) is 38.1 Å². The summed E-state index contributed by atoms with van der Waals surface area (Å²) in [7, 11) is 0. The zero-order valence-electron chi connectivity index (χ0n) is 10.4. The number of nitrogens with zero attached hydrogens (tertiary/aromatic N) is 1. The quantitative estimate of drug-likeness (QED) is 0.810. The molecule has 0 saturated carbocycles. The lowest BCUT2D eigenvalue weighted by atomic mass is 9.87. The molecule has 0 fully saturated rings. The molecule has 0 aliphatic rings. The number of hydrogen-bond donors (Lipinski definition) is 0. The van der Waals surface area contributed by atoms with Crippen LogP contribution < -0.4 is 4.74 Å². The Labute approximate surface area is 101 Å². The predicted molar refractivity (Wildman–Crippen MR) is 66.0 cm³/mol. The summed E-state index contributed by atoms with van der Waals surface area (Å²) >= 11 is 0. The van der Waals surface area contributed by atoms with E-state index >= 15 is 0 Å². The Kier molecular flexibility index (Phi) is 3.18. The molecule has 1 aromatic heterocycles. The van der Waals surface area contributed by atoms with Crippen LogP contribution in [0, 0.1) is 0 Å². The van der Waals surface area contributed by atoms with Crippen LogP contribution in [-0.4, -0.2) is 5.16 Å². The molecule has 0 atom stereocenters. The Morgan fingerprint density at radius 2 is 1.88 bits per heavy atom. The van der Waals surface area contributed by atoms with E-state index in [9.17, 15) is 0 Å². The summed E-state index contributed by atoms with van der Waals surface area (Å²) in [5.41, 5.74) is 2.41. The van der Waals surface area contributed by atoms with E-state index < -0.39 is 0 Å². The third-order valence-corrected chi connectivity index (χ3v) is 2.61. The molecule has 3 heteroatoms. The number of hydrogen-bond acceptors (Lipinski definition) is 3. The highest BCUT2D eigenvalue weighted by molar-refractivity contribution is 5.31. The van der Waals surface area contributed by atoms with Crippen LogP contribution in [0.25, 0.3) is 0 Å². The summed E-state index contributed by atoms with van der Waals surface area (Å²) in [5.74, 6) is 0.860. The fourth-order valence-electron chi connectivity index (χ4n) is 1.52. The Bertz CT molecular complexity index is 452. The fraction of sp³-hybridized carbons (Fsp3) is 0.357. The van der Waals surface area contributed by atoms with Crippen LogP contribution in [0.15, 0.2) is 41.2 Å². The first-order chi connectivity index (χ1) is 8.05. The van der Waals surface area contributed by atoms with Crippen molar-refractivity contribution in [1.29, 1.82) is 0 Å². The maximum Gasteiger partial charge on any atom is 0.130 e. The maximum absolute atomic E-state index is 5.62. The maximum atomic E-state index is 5.62. The summed E-state index contributed by atoms with van der Waals surface area (Å²) in [4.78, 5) is 0. The normalized spacial score (nSPS) is 11.5. The van der Waals surface area contributed by atoms with Gasteiger partial charge < -0.3 is 9.26 Å². The smallest absolute Gasteiger partial charge is 0.130 e. The van der Waals surface area contributed by atoms with Crippen molar-refractivity contribution < 1.29 is 9.26 Å². The highest BCUT2D eigenvalue weighted by Gasteiger charge is 2.12. The second-order valence-electron chi connectivity index (χ2n) is 5.10. The first kappa shape index (κ1) is 11.7. The van der Waals surface area contributed by atoms with Crippen molar-refractivity contribution in [1.82, 2.24) is 5.16 Å². The first-order valence-electron chi connectivity index (χ1n) is 5.67. The minimum absolute atomic E-state index is 0.174.